The fourth-order valence-corrected chi connectivity index (χ4v) is 3.69. The Labute approximate surface area is 153 Å². The van der Waals surface area contributed by atoms with Gasteiger partial charge in [-0.3, -0.25) is 10.00 Å². The van der Waals surface area contributed by atoms with Crippen molar-refractivity contribution in [2.24, 2.45) is 0 Å². The van der Waals surface area contributed by atoms with E-state index in [1.165, 1.54) is 17.3 Å². The van der Waals surface area contributed by atoms with Crippen molar-refractivity contribution in [1.29, 1.82) is 0 Å². The van der Waals surface area contributed by atoms with Crippen molar-refractivity contribution in [1.82, 2.24) is 15.1 Å². The predicted molar refractivity (Wildman–Crippen MR) is 102 cm³/mol. The van der Waals surface area contributed by atoms with Gasteiger partial charge in [0.2, 0.25) is 0 Å². The average molecular weight is 350 g/mol. The number of nitrogens with one attached hydrogen (secondary N) is 1. The predicted octanol–water partition coefficient (Wildman–Crippen LogP) is 3.77. The normalized spacial score (nSPS) is 16.6. The van der Waals surface area contributed by atoms with E-state index in [1.54, 1.807) is 12.3 Å². The minimum Gasteiger partial charge on any atom is -0.369 e. The number of rotatable bonds is 4. The number of halogens is 1. The highest BCUT2D eigenvalue weighted by atomic mass is 19.1. The first-order chi connectivity index (χ1) is 12.7. The molecule has 4 nitrogen and oxygen atoms in total. The van der Waals surface area contributed by atoms with Crippen LogP contribution < -0.4 is 4.90 Å². The summed E-state index contributed by atoms with van der Waals surface area (Å²) in [6, 6.07) is 15.6. The van der Waals surface area contributed by atoms with Gasteiger partial charge in [-0.2, -0.15) is 5.10 Å². The Kier molecular flexibility index (Phi) is 4.71. The number of benzene rings is 2. The molecule has 3 aromatic rings. The first-order valence-corrected chi connectivity index (χ1v) is 9.01. The summed E-state index contributed by atoms with van der Waals surface area (Å²) in [5.41, 5.74) is 4.23. The minimum atomic E-state index is -0.167. The molecule has 2 aromatic carbocycles. The summed E-state index contributed by atoms with van der Waals surface area (Å²) in [5.74, 6) is -0.167. The molecular weight excluding hydrogens is 327 g/mol. The Morgan fingerprint density at radius 1 is 1.00 bits per heavy atom. The summed E-state index contributed by atoms with van der Waals surface area (Å²) in [7, 11) is 0. The Balaban J connectivity index is 1.55. The van der Waals surface area contributed by atoms with Crippen LogP contribution in [0, 0.1) is 12.7 Å². The molecule has 1 aliphatic heterocycles. The topological polar surface area (TPSA) is 35.2 Å². The molecule has 134 valence electrons. The Morgan fingerprint density at radius 2 is 1.73 bits per heavy atom. The first kappa shape index (κ1) is 16.8. The van der Waals surface area contributed by atoms with Crippen LogP contribution in [-0.2, 0) is 0 Å². The second kappa shape index (κ2) is 7.30. The molecule has 1 saturated heterocycles. The van der Waals surface area contributed by atoms with Gasteiger partial charge in [0.15, 0.2) is 0 Å². The molecular formula is C21H23FN4. The molecule has 0 amide bonds. The molecule has 1 aromatic heterocycles. The molecule has 1 unspecified atom stereocenters. The van der Waals surface area contributed by atoms with Crippen molar-refractivity contribution in [3.05, 3.63) is 83.4 Å². The smallest absolute Gasteiger partial charge is 0.128 e. The SMILES string of the molecule is Cc1ccc(N2CCN(C(c3cn[nH]c3)c3ccccc3F)CC2)cc1. The number of H-pyrrole nitrogens is 1. The molecule has 4 rings (SSSR count). The number of aryl methyl sites for hydroxylation is 1. The Hall–Kier alpha value is -2.66. The van der Waals surface area contributed by atoms with Gasteiger partial charge >= 0.3 is 0 Å². The summed E-state index contributed by atoms with van der Waals surface area (Å²) in [6.45, 7) is 5.69. The monoisotopic (exact) mass is 350 g/mol. The van der Waals surface area contributed by atoms with Crippen LogP contribution in [0.5, 0.6) is 0 Å². The van der Waals surface area contributed by atoms with Crippen molar-refractivity contribution in [3.8, 4) is 0 Å². The maximum atomic E-state index is 14.5. The summed E-state index contributed by atoms with van der Waals surface area (Å²) in [6.07, 6.45) is 3.66. The third-order valence-corrected chi connectivity index (χ3v) is 5.11. The number of aromatic nitrogens is 2. The van der Waals surface area contributed by atoms with Gasteiger partial charge in [0.05, 0.1) is 12.2 Å². The number of hydrogen-bond acceptors (Lipinski definition) is 3. The molecule has 1 N–H and O–H groups in total. The molecule has 0 saturated carbocycles. The number of hydrogen-bond donors (Lipinski definition) is 1. The van der Waals surface area contributed by atoms with Crippen LogP contribution in [0.2, 0.25) is 0 Å². The first-order valence-electron chi connectivity index (χ1n) is 9.01. The molecule has 0 spiro atoms. The molecule has 0 radical (unpaired) electrons. The zero-order valence-electron chi connectivity index (χ0n) is 14.9. The summed E-state index contributed by atoms with van der Waals surface area (Å²) < 4.78 is 14.5. The Bertz CT molecular complexity index is 837. The molecule has 0 aliphatic carbocycles. The highest BCUT2D eigenvalue weighted by molar-refractivity contribution is 5.48. The van der Waals surface area contributed by atoms with Crippen molar-refractivity contribution in [3.63, 3.8) is 0 Å². The van der Waals surface area contributed by atoms with Crippen LogP contribution in [0.4, 0.5) is 10.1 Å². The minimum absolute atomic E-state index is 0.116. The van der Waals surface area contributed by atoms with Crippen LogP contribution in [-0.4, -0.2) is 41.3 Å². The van der Waals surface area contributed by atoms with E-state index in [4.69, 9.17) is 0 Å². The Morgan fingerprint density at radius 3 is 2.38 bits per heavy atom. The zero-order valence-corrected chi connectivity index (χ0v) is 14.9. The molecule has 1 fully saturated rings. The zero-order chi connectivity index (χ0) is 17.9. The molecule has 26 heavy (non-hydrogen) atoms. The lowest BCUT2D eigenvalue weighted by atomic mass is 9.98. The number of nitrogens with zero attached hydrogens (tertiary/aromatic N) is 3. The van der Waals surface area contributed by atoms with E-state index in [-0.39, 0.29) is 11.9 Å². The fraction of sp³-hybridized carbons (Fsp3) is 0.286. The average Bonchev–Trinajstić information content (AvgIpc) is 3.19. The van der Waals surface area contributed by atoms with E-state index in [2.05, 4.69) is 51.2 Å². The maximum Gasteiger partial charge on any atom is 0.128 e. The van der Waals surface area contributed by atoms with Crippen molar-refractivity contribution < 1.29 is 4.39 Å². The lowest BCUT2D eigenvalue weighted by Crippen LogP contribution is -2.48. The summed E-state index contributed by atoms with van der Waals surface area (Å²) >= 11 is 0. The maximum absolute atomic E-state index is 14.5. The van der Waals surface area contributed by atoms with E-state index in [1.807, 2.05) is 18.3 Å². The molecule has 5 heteroatoms. The largest absolute Gasteiger partial charge is 0.369 e. The van der Waals surface area contributed by atoms with Gasteiger partial charge < -0.3 is 4.90 Å². The highest BCUT2D eigenvalue weighted by Crippen LogP contribution is 2.31. The van der Waals surface area contributed by atoms with E-state index < -0.39 is 0 Å². The van der Waals surface area contributed by atoms with Crippen LogP contribution in [0.25, 0.3) is 0 Å². The third kappa shape index (κ3) is 3.35. The summed E-state index contributed by atoms with van der Waals surface area (Å²) in [4.78, 5) is 4.73. The number of aromatic amines is 1. The van der Waals surface area contributed by atoms with Gasteiger partial charge in [0, 0.05) is 49.2 Å². The van der Waals surface area contributed by atoms with Crippen molar-refractivity contribution in [2.45, 2.75) is 13.0 Å². The van der Waals surface area contributed by atoms with Crippen LogP contribution >= 0.6 is 0 Å². The summed E-state index contributed by atoms with van der Waals surface area (Å²) in [5, 5.41) is 6.95. The van der Waals surface area contributed by atoms with Gasteiger partial charge in [0.25, 0.3) is 0 Å². The van der Waals surface area contributed by atoms with Crippen LogP contribution in [0.15, 0.2) is 60.9 Å². The lowest BCUT2D eigenvalue weighted by molar-refractivity contribution is 0.209. The van der Waals surface area contributed by atoms with Crippen molar-refractivity contribution >= 4 is 5.69 Å². The van der Waals surface area contributed by atoms with Gasteiger partial charge in [-0.25, -0.2) is 4.39 Å². The van der Waals surface area contributed by atoms with Crippen molar-refractivity contribution in [2.75, 3.05) is 31.1 Å². The third-order valence-electron chi connectivity index (χ3n) is 5.11. The van der Waals surface area contributed by atoms with Gasteiger partial charge in [-0.05, 0) is 25.1 Å². The lowest BCUT2D eigenvalue weighted by Gasteiger charge is -2.40. The molecule has 1 atom stereocenters. The fourth-order valence-electron chi connectivity index (χ4n) is 3.69. The van der Waals surface area contributed by atoms with Gasteiger partial charge in [-0.15, -0.1) is 0 Å². The van der Waals surface area contributed by atoms with E-state index in [0.29, 0.717) is 5.56 Å². The number of anilines is 1. The second-order valence-electron chi connectivity index (χ2n) is 6.81. The molecule has 2 heterocycles. The van der Waals surface area contributed by atoms with Gasteiger partial charge in [0.1, 0.15) is 5.82 Å². The van der Waals surface area contributed by atoms with E-state index in [9.17, 15) is 4.39 Å². The van der Waals surface area contributed by atoms with Crippen LogP contribution in [0.1, 0.15) is 22.7 Å². The van der Waals surface area contributed by atoms with Gasteiger partial charge in [-0.1, -0.05) is 35.9 Å². The molecule has 0 bridgehead atoms. The van der Waals surface area contributed by atoms with E-state index >= 15 is 0 Å². The quantitative estimate of drug-likeness (QED) is 0.778. The standard InChI is InChI=1S/C21H23FN4/c1-16-6-8-18(9-7-16)25-10-12-26(13-11-25)21(17-14-23-24-15-17)19-4-2-3-5-20(19)22/h2-9,14-15,21H,10-13H2,1H3,(H,23,24). The molecule has 1 aliphatic rings. The second-order valence-corrected chi connectivity index (χ2v) is 6.81. The van der Waals surface area contributed by atoms with Crippen LogP contribution in [0.3, 0.4) is 0 Å². The number of piperazine rings is 1. The highest BCUT2D eigenvalue weighted by Gasteiger charge is 2.28. The van der Waals surface area contributed by atoms with E-state index in [0.717, 1.165) is 31.7 Å².